The van der Waals surface area contributed by atoms with Crippen molar-refractivity contribution in [1.29, 1.82) is 0 Å². The Morgan fingerprint density at radius 2 is 1.90 bits per heavy atom. The molecular weight excluding hydrogens is 262 g/mol. The summed E-state index contributed by atoms with van der Waals surface area (Å²) in [5, 5.41) is 3.57. The van der Waals surface area contributed by atoms with Gasteiger partial charge in [-0.3, -0.25) is 0 Å². The van der Waals surface area contributed by atoms with E-state index in [9.17, 15) is 0 Å². The fraction of sp³-hybridized carbons (Fsp3) is 0.444. The fourth-order valence-electron chi connectivity index (χ4n) is 2.54. The van der Waals surface area contributed by atoms with Gasteiger partial charge in [-0.15, -0.1) is 0 Å². The van der Waals surface area contributed by atoms with Crippen LogP contribution in [0.4, 0.5) is 0 Å². The van der Waals surface area contributed by atoms with Gasteiger partial charge in [0.05, 0.1) is 6.61 Å². The molecule has 21 heavy (non-hydrogen) atoms. The number of hydrogen-bond acceptors (Lipinski definition) is 3. The SMILES string of the molecule is CCOCc1ccccc1CNC(C)c1cc(C)oc1C. The number of benzene rings is 1. The van der Waals surface area contributed by atoms with Crippen molar-refractivity contribution < 1.29 is 9.15 Å². The van der Waals surface area contributed by atoms with E-state index in [-0.39, 0.29) is 6.04 Å². The summed E-state index contributed by atoms with van der Waals surface area (Å²) in [5.74, 6) is 1.96. The lowest BCUT2D eigenvalue weighted by atomic mass is 10.1. The van der Waals surface area contributed by atoms with E-state index in [0.717, 1.165) is 24.7 Å². The minimum Gasteiger partial charge on any atom is -0.466 e. The zero-order valence-electron chi connectivity index (χ0n) is 13.4. The molecule has 0 saturated heterocycles. The van der Waals surface area contributed by atoms with Crippen LogP contribution in [0, 0.1) is 13.8 Å². The van der Waals surface area contributed by atoms with Gasteiger partial charge in [-0.1, -0.05) is 24.3 Å². The third kappa shape index (κ3) is 4.19. The highest BCUT2D eigenvalue weighted by molar-refractivity contribution is 5.27. The second-order valence-corrected chi connectivity index (χ2v) is 5.38. The number of ether oxygens (including phenoxy) is 1. The van der Waals surface area contributed by atoms with Crippen molar-refractivity contribution in [2.24, 2.45) is 0 Å². The molecule has 3 heteroatoms. The van der Waals surface area contributed by atoms with Crippen molar-refractivity contribution in [3.63, 3.8) is 0 Å². The molecule has 2 aromatic rings. The minimum atomic E-state index is 0.266. The maximum absolute atomic E-state index is 5.60. The highest BCUT2D eigenvalue weighted by Gasteiger charge is 2.12. The molecule has 3 nitrogen and oxygen atoms in total. The Morgan fingerprint density at radius 3 is 2.52 bits per heavy atom. The molecule has 1 heterocycles. The second-order valence-electron chi connectivity index (χ2n) is 5.38. The normalized spacial score (nSPS) is 12.6. The summed E-state index contributed by atoms with van der Waals surface area (Å²) < 4.78 is 11.1. The average molecular weight is 287 g/mol. The predicted molar refractivity (Wildman–Crippen MR) is 85.2 cm³/mol. The van der Waals surface area contributed by atoms with E-state index in [2.05, 4.69) is 42.6 Å². The quantitative estimate of drug-likeness (QED) is 0.825. The van der Waals surface area contributed by atoms with Crippen LogP contribution in [0.3, 0.4) is 0 Å². The molecule has 0 spiro atoms. The summed E-state index contributed by atoms with van der Waals surface area (Å²) >= 11 is 0. The van der Waals surface area contributed by atoms with Gasteiger partial charge in [-0.2, -0.15) is 0 Å². The molecule has 1 aromatic heterocycles. The summed E-state index contributed by atoms with van der Waals surface area (Å²) in [5.41, 5.74) is 3.77. The van der Waals surface area contributed by atoms with Crippen molar-refractivity contribution in [2.75, 3.05) is 6.61 Å². The first kappa shape index (κ1) is 15.8. The van der Waals surface area contributed by atoms with Gasteiger partial charge >= 0.3 is 0 Å². The lowest BCUT2D eigenvalue weighted by molar-refractivity contribution is 0.133. The summed E-state index contributed by atoms with van der Waals surface area (Å²) in [6, 6.07) is 10.8. The molecule has 1 unspecified atom stereocenters. The second kappa shape index (κ2) is 7.43. The molecule has 2 rings (SSSR count). The maximum atomic E-state index is 5.60. The molecule has 1 aromatic carbocycles. The molecule has 114 valence electrons. The number of hydrogen-bond donors (Lipinski definition) is 1. The zero-order valence-corrected chi connectivity index (χ0v) is 13.4. The predicted octanol–water partition coefficient (Wildman–Crippen LogP) is 4.28. The van der Waals surface area contributed by atoms with Crippen LogP contribution in [0.5, 0.6) is 0 Å². The van der Waals surface area contributed by atoms with Crippen LogP contribution < -0.4 is 5.32 Å². The van der Waals surface area contributed by atoms with Crippen LogP contribution in [-0.2, 0) is 17.9 Å². The minimum absolute atomic E-state index is 0.266. The van der Waals surface area contributed by atoms with E-state index >= 15 is 0 Å². The van der Waals surface area contributed by atoms with Crippen molar-refractivity contribution in [2.45, 2.75) is 46.9 Å². The molecule has 1 N–H and O–H groups in total. The van der Waals surface area contributed by atoms with Crippen molar-refractivity contribution in [1.82, 2.24) is 5.32 Å². The Labute approximate surface area is 127 Å². The van der Waals surface area contributed by atoms with Crippen molar-refractivity contribution in [3.8, 4) is 0 Å². The molecule has 0 aliphatic heterocycles. The Balaban J connectivity index is 2.01. The van der Waals surface area contributed by atoms with E-state index < -0.39 is 0 Å². The molecule has 0 fully saturated rings. The number of furan rings is 1. The molecule has 1 atom stereocenters. The maximum Gasteiger partial charge on any atom is 0.105 e. The first-order valence-corrected chi connectivity index (χ1v) is 7.56. The van der Waals surface area contributed by atoms with Gasteiger partial charge in [0, 0.05) is 24.8 Å². The Hall–Kier alpha value is -1.58. The number of nitrogens with one attached hydrogen (secondary N) is 1. The van der Waals surface area contributed by atoms with Gasteiger partial charge in [0.15, 0.2) is 0 Å². The lowest BCUT2D eigenvalue weighted by Crippen LogP contribution is -2.19. The van der Waals surface area contributed by atoms with Gasteiger partial charge in [0.1, 0.15) is 11.5 Å². The highest BCUT2D eigenvalue weighted by atomic mass is 16.5. The first-order chi connectivity index (χ1) is 10.1. The van der Waals surface area contributed by atoms with Gasteiger partial charge in [-0.25, -0.2) is 0 Å². The smallest absolute Gasteiger partial charge is 0.105 e. The highest BCUT2D eigenvalue weighted by Crippen LogP contribution is 2.22. The largest absolute Gasteiger partial charge is 0.466 e. The molecule has 0 amide bonds. The molecular formula is C18H25NO2. The first-order valence-electron chi connectivity index (χ1n) is 7.56. The van der Waals surface area contributed by atoms with Crippen LogP contribution in [0.25, 0.3) is 0 Å². The molecule has 0 aliphatic carbocycles. The summed E-state index contributed by atoms with van der Waals surface area (Å²) in [6.45, 7) is 10.4. The zero-order chi connectivity index (χ0) is 15.2. The van der Waals surface area contributed by atoms with E-state index in [0.29, 0.717) is 6.61 Å². The van der Waals surface area contributed by atoms with Crippen LogP contribution in [0.2, 0.25) is 0 Å². The molecule has 0 aliphatic rings. The average Bonchev–Trinajstić information content (AvgIpc) is 2.82. The van der Waals surface area contributed by atoms with Crippen LogP contribution in [0.1, 0.15) is 48.1 Å². The topological polar surface area (TPSA) is 34.4 Å². The lowest BCUT2D eigenvalue weighted by Gasteiger charge is -2.15. The van der Waals surface area contributed by atoms with Crippen LogP contribution >= 0.6 is 0 Å². The number of aryl methyl sites for hydroxylation is 2. The van der Waals surface area contributed by atoms with Crippen molar-refractivity contribution >= 4 is 0 Å². The van der Waals surface area contributed by atoms with Gasteiger partial charge in [-0.05, 0) is 44.9 Å². The van der Waals surface area contributed by atoms with Crippen LogP contribution in [0.15, 0.2) is 34.7 Å². The third-order valence-electron chi connectivity index (χ3n) is 3.72. The number of rotatable bonds is 7. The van der Waals surface area contributed by atoms with E-state index in [4.69, 9.17) is 9.15 Å². The Kier molecular flexibility index (Phi) is 5.59. The summed E-state index contributed by atoms with van der Waals surface area (Å²) in [4.78, 5) is 0. The van der Waals surface area contributed by atoms with Gasteiger partial charge < -0.3 is 14.5 Å². The Bertz CT molecular complexity index is 574. The molecule has 0 radical (unpaired) electrons. The summed E-state index contributed by atoms with van der Waals surface area (Å²) in [6.07, 6.45) is 0. The van der Waals surface area contributed by atoms with E-state index in [1.807, 2.05) is 20.8 Å². The third-order valence-corrected chi connectivity index (χ3v) is 3.72. The van der Waals surface area contributed by atoms with Gasteiger partial charge in [0.25, 0.3) is 0 Å². The summed E-state index contributed by atoms with van der Waals surface area (Å²) in [7, 11) is 0. The molecule has 0 saturated carbocycles. The monoisotopic (exact) mass is 287 g/mol. The van der Waals surface area contributed by atoms with E-state index in [1.165, 1.54) is 16.7 Å². The Morgan fingerprint density at radius 1 is 1.19 bits per heavy atom. The van der Waals surface area contributed by atoms with Crippen molar-refractivity contribution in [3.05, 3.63) is 58.5 Å². The standard InChI is InChI=1S/C18H25NO2/c1-5-20-12-17-9-7-6-8-16(17)11-19-14(3)18-10-13(2)21-15(18)4/h6-10,14,19H,5,11-12H2,1-4H3. The van der Waals surface area contributed by atoms with E-state index in [1.54, 1.807) is 0 Å². The molecule has 0 bridgehead atoms. The van der Waals surface area contributed by atoms with Gasteiger partial charge in [0.2, 0.25) is 0 Å². The van der Waals surface area contributed by atoms with Crippen LogP contribution in [-0.4, -0.2) is 6.61 Å². The fourth-order valence-corrected chi connectivity index (χ4v) is 2.54.